The number of anilines is 1. The van der Waals surface area contributed by atoms with Crippen LogP contribution in [0, 0.1) is 5.82 Å². The molecule has 1 aliphatic heterocycles. The van der Waals surface area contributed by atoms with Crippen LogP contribution in [0.4, 0.5) is 10.1 Å². The molecule has 6 heteroatoms. The van der Waals surface area contributed by atoms with Crippen molar-refractivity contribution in [3.05, 3.63) is 23.5 Å². The fraction of sp³-hybridized carbons (Fsp3) is 0.467. The summed E-state index contributed by atoms with van der Waals surface area (Å²) in [5, 5.41) is 5.20. The first kappa shape index (κ1) is 15.3. The van der Waals surface area contributed by atoms with Crippen LogP contribution in [0.2, 0.25) is 0 Å². The van der Waals surface area contributed by atoms with Gasteiger partial charge in [0.1, 0.15) is 17.6 Å². The summed E-state index contributed by atoms with van der Waals surface area (Å²) >= 11 is 0. The van der Waals surface area contributed by atoms with Gasteiger partial charge in [-0.2, -0.15) is 0 Å². The number of benzene rings is 1. The Balaban J connectivity index is 2.25. The smallest absolute Gasteiger partial charge is 0.249 e. The topological polar surface area (TPSA) is 67.4 Å². The zero-order valence-electron chi connectivity index (χ0n) is 12.3. The maximum Gasteiger partial charge on any atom is 0.249 e. The third kappa shape index (κ3) is 3.32. The molecule has 2 rings (SSSR count). The van der Waals surface area contributed by atoms with E-state index < -0.39 is 11.9 Å². The van der Waals surface area contributed by atoms with Crippen LogP contribution in [0.3, 0.4) is 0 Å². The van der Waals surface area contributed by atoms with Crippen molar-refractivity contribution in [2.24, 2.45) is 0 Å². The van der Waals surface area contributed by atoms with E-state index in [-0.39, 0.29) is 24.1 Å². The number of ether oxygens (including phenoxy) is 1. The number of amides is 2. The molecule has 2 amide bonds. The number of rotatable bonds is 4. The maximum absolute atomic E-state index is 14.1. The quantitative estimate of drug-likeness (QED) is 0.835. The number of imide groups is 1. The fourth-order valence-corrected chi connectivity index (χ4v) is 2.31. The van der Waals surface area contributed by atoms with Gasteiger partial charge in [-0.25, -0.2) is 4.39 Å². The Bertz CT molecular complexity index is 572. The summed E-state index contributed by atoms with van der Waals surface area (Å²) in [5.74, 6) is -0.526. The molecular weight excluding hydrogens is 275 g/mol. The molecule has 5 nitrogen and oxygen atoms in total. The van der Waals surface area contributed by atoms with Crippen molar-refractivity contribution < 1.29 is 18.7 Å². The van der Waals surface area contributed by atoms with E-state index in [2.05, 4.69) is 10.6 Å². The number of piperidine rings is 1. The monoisotopic (exact) mass is 294 g/mol. The van der Waals surface area contributed by atoms with E-state index in [4.69, 9.17) is 4.74 Å². The van der Waals surface area contributed by atoms with Gasteiger partial charge in [-0.05, 0) is 24.0 Å². The minimum Gasteiger partial charge on any atom is -0.495 e. The van der Waals surface area contributed by atoms with E-state index >= 15 is 0 Å². The highest BCUT2D eigenvalue weighted by atomic mass is 19.1. The van der Waals surface area contributed by atoms with E-state index in [0.29, 0.717) is 23.4 Å². The van der Waals surface area contributed by atoms with Crippen molar-refractivity contribution in [3.8, 4) is 5.75 Å². The molecule has 21 heavy (non-hydrogen) atoms. The Morgan fingerprint density at radius 1 is 1.38 bits per heavy atom. The van der Waals surface area contributed by atoms with Crippen molar-refractivity contribution in [3.63, 3.8) is 0 Å². The van der Waals surface area contributed by atoms with Gasteiger partial charge in [0, 0.05) is 12.5 Å². The second-order valence-corrected chi connectivity index (χ2v) is 5.38. The molecule has 114 valence electrons. The fourth-order valence-electron chi connectivity index (χ4n) is 2.31. The molecule has 1 fully saturated rings. The van der Waals surface area contributed by atoms with E-state index in [1.54, 1.807) is 6.07 Å². The molecule has 1 atom stereocenters. The second kappa shape index (κ2) is 6.11. The lowest BCUT2D eigenvalue weighted by Crippen LogP contribution is -2.47. The lowest BCUT2D eigenvalue weighted by Gasteiger charge is -2.24. The highest BCUT2D eigenvalue weighted by Gasteiger charge is 2.27. The van der Waals surface area contributed by atoms with Gasteiger partial charge in [-0.3, -0.25) is 14.9 Å². The molecule has 0 saturated carbocycles. The Morgan fingerprint density at radius 2 is 2.10 bits per heavy atom. The van der Waals surface area contributed by atoms with Crippen molar-refractivity contribution in [2.45, 2.75) is 38.6 Å². The lowest BCUT2D eigenvalue weighted by atomic mass is 10.0. The van der Waals surface area contributed by atoms with Crippen LogP contribution in [0.5, 0.6) is 5.75 Å². The molecule has 1 heterocycles. The average Bonchev–Trinajstić information content (AvgIpc) is 2.41. The Morgan fingerprint density at radius 3 is 2.67 bits per heavy atom. The van der Waals surface area contributed by atoms with Gasteiger partial charge < -0.3 is 10.1 Å². The van der Waals surface area contributed by atoms with Gasteiger partial charge in [-0.15, -0.1) is 0 Å². The molecule has 0 unspecified atom stereocenters. The summed E-state index contributed by atoms with van der Waals surface area (Å²) in [4.78, 5) is 22.9. The summed E-state index contributed by atoms with van der Waals surface area (Å²) in [6, 6.07) is 2.40. The number of hydrogen-bond acceptors (Lipinski definition) is 4. The Kier molecular flexibility index (Phi) is 4.45. The van der Waals surface area contributed by atoms with Crippen LogP contribution in [-0.2, 0) is 9.59 Å². The van der Waals surface area contributed by atoms with E-state index in [0.717, 1.165) is 0 Å². The molecular formula is C15H19FN2O3. The highest BCUT2D eigenvalue weighted by molar-refractivity contribution is 6.01. The standard InChI is InChI=1S/C15H19FN2O3/c1-8(2)9-6-13(21-3)12(7-10(9)16)17-11-4-5-14(19)18-15(11)20/h6-8,11,17H,4-5H2,1-3H3,(H,18,19,20)/t11-/m1/s1. The zero-order chi connectivity index (χ0) is 15.6. The van der Waals surface area contributed by atoms with Gasteiger partial charge >= 0.3 is 0 Å². The SMILES string of the molecule is COc1cc(C(C)C)c(F)cc1N[C@@H]1CCC(=O)NC1=O. The van der Waals surface area contributed by atoms with E-state index in [9.17, 15) is 14.0 Å². The maximum atomic E-state index is 14.1. The molecule has 1 aromatic rings. The number of halogens is 1. The highest BCUT2D eigenvalue weighted by Crippen LogP contribution is 2.32. The van der Waals surface area contributed by atoms with Crippen molar-refractivity contribution >= 4 is 17.5 Å². The van der Waals surface area contributed by atoms with Crippen LogP contribution in [0.15, 0.2) is 12.1 Å². The number of carbonyl (C=O) groups excluding carboxylic acids is 2. The molecule has 1 aliphatic rings. The van der Waals surface area contributed by atoms with Crippen molar-refractivity contribution in [2.75, 3.05) is 12.4 Å². The summed E-state index contributed by atoms with van der Waals surface area (Å²) in [6.07, 6.45) is 0.639. The van der Waals surface area contributed by atoms with E-state index in [1.165, 1.54) is 13.2 Å². The first-order valence-electron chi connectivity index (χ1n) is 6.90. The summed E-state index contributed by atoms with van der Waals surface area (Å²) in [6.45, 7) is 3.79. The summed E-state index contributed by atoms with van der Waals surface area (Å²) < 4.78 is 19.3. The third-order valence-electron chi connectivity index (χ3n) is 3.51. The van der Waals surface area contributed by atoms with Crippen molar-refractivity contribution in [1.82, 2.24) is 5.32 Å². The minimum absolute atomic E-state index is 0.0311. The van der Waals surface area contributed by atoms with Crippen LogP contribution in [0.25, 0.3) is 0 Å². The molecule has 1 aromatic carbocycles. The normalized spacial score (nSPS) is 18.6. The van der Waals surface area contributed by atoms with Crippen LogP contribution in [0.1, 0.15) is 38.2 Å². The third-order valence-corrected chi connectivity index (χ3v) is 3.51. The molecule has 0 aliphatic carbocycles. The number of carbonyl (C=O) groups is 2. The predicted octanol–water partition coefficient (Wildman–Crippen LogP) is 2.17. The lowest BCUT2D eigenvalue weighted by molar-refractivity contribution is -0.133. The number of methoxy groups -OCH3 is 1. The van der Waals surface area contributed by atoms with Gasteiger partial charge in [-0.1, -0.05) is 13.8 Å². The minimum atomic E-state index is -0.569. The van der Waals surface area contributed by atoms with E-state index in [1.807, 2.05) is 13.8 Å². The number of hydrogen-bond donors (Lipinski definition) is 2. The van der Waals surface area contributed by atoms with Crippen LogP contribution in [-0.4, -0.2) is 25.0 Å². The first-order chi connectivity index (χ1) is 9.92. The molecule has 2 N–H and O–H groups in total. The first-order valence-corrected chi connectivity index (χ1v) is 6.90. The van der Waals surface area contributed by atoms with Gasteiger partial charge in [0.25, 0.3) is 0 Å². The van der Waals surface area contributed by atoms with Gasteiger partial charge in [0.2, 0.25) is 11.8 Å². The Labute approximate surface area is 122 Å². The largest absolute Gasteiger partial charge is 0.495 e. The van der Waals surface area contributed by atoms with Crippen LogP contribution < -0.4 is 15.4 Å². The second-order valence-electron chi connectivity index (χ2n) is 5.38. The average molecular weight is 294 g/mol. The zero-order valence-corrected chi connectivity index (χ0v) is 12.3. The predicted molar refractivity (Wildman–Crippen MR) is 76.8 cm³/mol. The molecule has 0 bridgehead atoms. The molecule has 0 aromatic heterocycles. The van der Waals surface area contributed by atoms with Crippen molar-refractivity contribution in [1.29, 1.82) is 0 Å². The molecule has 1 saturated heterocycles. The number of nitrogens with one attached hydrogen (secondary N) is 2. The van der Waals surface area contributed by atoms with Gasteiger partial charge in [0.05, 0.1) is 12.8 Å². The van der Waals surface area contributed by atoms with Crippen LogP contribution >= 0.6 is 0 Å². The van der Waals surface area contributed by atoms with Gasteiger partial charge in [0.15, 0.2) is 0 Å². The molecule has 0 spiro atoms. The molecule has 0 radical (unpaired) electrons. The Hall–Kier alpha value is -2.11. The summed E-state index contributed by atoms with van der Waals surface area (Å²) in [7, 11) is 1.49. The summed E-state index contributed by atoms with van der Waals surface area (Å²) in [5.41, 5.74) is 0.967.